The molecule has 1 aromatic carbocycles. The Morgan fingerprint density at radius 2 is 1.89 bits per heavy atom. The van der Waals surface area contributed by atoms with Gasteiger partial charge in [-0.1, -0.05) is 18.2 Å². The summed E-state index contributed by atoms with van der Waals surface area (Å²) in [5.41, 5.74) is 1.14. The summed E-state index contributed by atoms with van der Waals surface area (Å²) in [6, 6.07) is 9.12. The van der Waals surface area contributed by atoms with Crippen LogP contribution in [0, 0.1) is 0 Å². The lowest BCUT2D eigenvalue weighted by Gasteiger charge is -2.09. The van der Waals surface area contributed by atoms with Crippen molar-refractivity contribution in [3.05, 3.63) is 48.3 Å². The number of aromatic nitrogens is 2. The highest BCUT2D eigenvalue weighted by atomic mass is 35.5. The van der Waals surface area contributed by atoms with E-state index in [-0.39, 0.29) is 0 Å². The summed E-state index contributed by atoms with van der Waals surface area (Å²) >= 11 is 5.72. The monoisotopic (exact) mass is 274 g/mol. The zero-order valence-electron chi connectivity index (χ0n) is 9.23. The highest BCUT2D eigenvalue weighted by molar-refractivity contribution is 6.20. The van der Waals surface area contributed by atoms with E-state index in [0.29, 0.717) is 5.56 Å². The normalized spacial score (nSPS) is 13.6. The van der Waals surface area contributed by atoms with Gasteiger partial charge in [-0.2, -0.15) is 18.3 Å². The van der Waals surface area contributed by atoms with Gasteiger partial charge in [-0.25, -0.2) is 4.68 Å². The minimum absolute atomic E-state index is 0.359. The van der Waals surface area contributed by atoms with Crippen molar-refractivity contribution in [3.63, 3.8) is 0 Å². The Morgan fingerprint density at radius 1 is 1.22 bits per heavy atom. The van der Waals surface area contributed by atoms with E-state index >= 15 is 0 Å². The van der Waals surface area contributed by atoms with Crippen LogP contribution in [-0.4, -0.2) is 16.0 Å². The van der Waals surface area contributed by atoms with Crippen LogP contribution in [0.15, 0.2) is 42.7 Å². The van der Waals surface area contributed by atoms with Gasteiger partial charge in [0.15, 0.2) is 0 Å². The maximum atomic E-state index is 12.2. The zero-order chi connectivity index (χ0) is 13.2. The maximum Gasteiger partial charge on any atom is 0.390 e. The Balaban J connectivity index is 2.16. The van der Waals surface area contributed by atoms with Gasteiger partial charge in [-0.15, -0.1) is 11.6 Å². The van der Waals surface area contributed by atoms with E-state index in [2.05, 4.69) is 5.10 Å². The molecule has 2 aromatic rings. The van der Waals surface area contributed by atoms with Crippen LogP contribution < -0.4 is 0 Å². The van der Waals surface area contributed by atoms with E-state index in [0.717, 1.165) is 5.69 Å². The molecule has 1 heterocycles. The lowest BCUT2D eigenvalue weighted by atomic mass is 10.2. The van der Waals surface area contributed by atoms with Gasteiger partial charge in [0, 0.05) is 11.8 Å². The van der Waals surface area contributed by atoms with Gasteiger partial charge in [0.05, 0.1) is 23.7 Å². The lowest BCUT2D eigenvalue weighted by Crippen LogP contribution is -2.10. The van der Waals surface area contributed by atoms with Gasteiger partial charge in [0.1, 0.15) is 0 Å². The van der Waals surface area contributed by atoms with Gasteiger partial charge in [0.2, 0.25) is 0 Å². The Hall–Kier alpha value is -1.49. The van der Waals surface area contributed by atoms with Crippen LogP contribution in [-0.2, 0) is 0 Å². The molecule has 1 unspecified atom stereocenters. The summed E-state index contributed by atoms with van der Waals surface area (Å²) in [5.74, 6) is 0. The Bertz CT molecular complexity index is 508. The first-order valence-electron chi connectivity index (χ1n) is 5.26. The van der Waals surface area contributed by atoms with Gasteiger partial charge < -0.3 is 0 Å². The van der Waals surface area contributed by atoms with E-state index < -0.39 is 18.0 Å². The summed E-state index contributed by atoms with van der Waals surface area (Å²) < 4.78 is 38.1. The molecule has 0 aliphatic rings. The van der Waals surface area contributed by atoms with Crippen molar-refractivity contribution >= 4 is 11.6 Å². The molecule has 0 N–H and O–H groups in total. The zero-order valence-corrected chi connectivity index (χ0v) is 9.99. The van der Waals surface area contributed by atoms with E-state index in [1.165, 1.54) is 17.1 Å². The molecule has 0 saturated heterocycles. The number of halogens is 4. The van der Waals surface area contributed by atoms with Crippen LogP contribution in [0.5, 0.6) is 0 Å². The topological polar surface area (TPSA) is 17.8 Å². The van der Waals surface area contributed by atoms with Crippen LogP contribution in [0.4, 0.5) is 13.2 Å². The minimum atomic E-state index is -4.28. The fraction of sp³-hybridized carbons (Fsp3) is 0.250. The molecule has 2 rings (SSSR count). The fourth-order valence-electron chi connectivity index (χ4n) is 1.54. The van der Waals surface area contributed by atoms with E-state index in [4.69, 9.17) is 11.6 Å². The van der Waals surface area contributed by atoms with Crippen molar-refractivity contribution in [2.45, 2.75) is 18.0 Å². The molecule has 0 saturated carbocycles. The van der Waals surface area contributed by atoms with Gasteiger partial charge in [-0.05, 0) is 12.1 Å². The predicted octanol–water partition coefficient (Wildman–Crippen LogP) is 4.10. The number of rotatable bonds is 3. The van der Waals surface area contributed by atoms with E-state index in [1.807, 2.05) is 30.3 Å². The standard InChI is InChI=1S/C12H10ClF3N2/c13-11(6-12(14,15)16)9-7-17-18(8-9)10-4-2-1-3-5-10/h1-5,7-8,11H,6H2. The molecule has 0 aliphatic heterocycles. The summed E-state index contributed by atoms with van der Waals surface area (Å²) in [6.07, 6.45) is -2.47. The van der Waals surface area contributed by atoms with Crippen molar-refractivity contribution in [2.24, 2.45) is 0 Å². The SMILES string of the molecule is FC(F)(F)CC(Cl)c1cnn(-c2ccccc2)c1. The quantitative estimate of drug-likeness (QED) is 0.771. The van der Waals surface area contributed by atoms with Crippen LogP contribution in [0.25, 0.3) is 5.69 Å². The number of para-hydroxylation sites is 1. The van der Waals surface area contributed by atoms with Gasteiger partial charge >= 0.3 is 6.18 Å². The molecule has 0 spiro atoms. The number of hydrogen-bond donors (Lipinski definition) is 0. The summed E-state index contributed by atoms with van der Waals surface area (Å²) in [5, 5.41) is 2.89. The molecule has 0 fully saturated rings. The van der Waals surface area contributed by atoms with Crippen molar-refractivity contribution in [1.82, 2.24) is 9.78 Å². The van der Waals surface area contributed by atoms with Crippen LogP contribution in [0.2, 0.25) is 0 Å². The molecule has 0 radical (unpaired) electrons. The highest BCUT2D eigenvalue weighted by Crippen LogP contribution is 2.33. The first-order valence-corrected chi connectivity index (χ1v) is 5.70. The van der Waals surface area contributed by atoms with Crippen LogP contribution in [0.1, 0.15) is 17.4 Å². The first kappa shape index (κ1) is 13.0. The van der Waals surface area contributed by atoms with Crippen molar-refractivity contribution in [3.8, 4) is 5.69 Å². The molecule has 0 bridgehead atoms. The number of hydrogen-bond acceptors (Lipinski definition) is 1. The van der Waals surface area contributed by atoms with Gasteiger partial charge in [0.25, 0.3) is 0 Å². The molecule has 96 valence electrons. The summed E-state index contributed by atoms with van der Waals surface area (Å²) in [7, 11) is 0. The minimum Gasteiger partial charge on any atom is -0.241 e. The third-order valence-corrected chi connectivity index (χ3v) is 2.80. The highest BCUT2D eigenvalue weighted by Gasteiger charge is 2.32. The predicted molar refractivity (Wildman–Crippen MR) is 62.8 cm³/mol. The number of benzene rings is 1. The first-order chi connectivity index (χ1) is 8.46. The Labute approximate surface area is 107 Å². The smallest absolute Gasteiger partial charge is 0.241 e. The average Bonchev–Trinajstić information content (AvgIpc) is 2.77. The second kappa shape index (κ2) is 5.02. The number of nitrogens with zero attached hydrogens (tertiary/aromatic N) is 2. The molecular formula is C12H10ClF3N2. The average molecular weight is 275 g/mol. The van der Waals surface area contributed by atoms with Crippen molar-refractivity contribution in [2.75, 3.05) is 0 Å². The summed E-state index contributed by atoms with van der Waals surface area (Å²) in [6.45, 7) is 0. The van der Waals surface area contributed by atoms with E-state index in [1.54, 1.807) is 0 Å². The molecule has 0 amide bonds. The third-order valence-electron chi connectivity index (χ3n) is 2.40. The molecular weight excluding hydrogens is 265 g/mol. The van der Waals surface area contributed by atoms with Crippen LogP contribution >= 0.6 is 11.6 Å². The van der Waals surface area contributed by atoms with Crippen LogP contribution in [0.3, 0.4) is 0 Å². The fourth-order valence-corrected chi connectivity index (χ4v) is 1.83. The molecule has 0 aliphatic carbocycles. The molecule has 6 heteroatoms. The van der Waals surface area contributed by atoms with Crippen molar-refractivity contribution in [1.29, 1.82) is 0 Å². The second-order valence-electron chi connectivity index (χ2n) is 3.84. The molecule has 1 aromatic heterocycles. The largest absolute Gasteiger partial charge is 0.390 e. The molecule has 2 nitrogen and oxygen atoms in total. The number of alkyl halides is 4. The Morgan fingerprint density at radius 3 is 2.50 bits per heavy atom. The molecule has 18 heavy (non-hydrogen) atoms. The maximum absolute atomic E-state index is 12.2. The summed E-state index contributed by atoms with van der Waals surface area (Å²) in [4.78, 5) is 0. The lowest BCUT2D eigenvalue weighted by molar-refractivity contribution is -0.134. The third kappa shape index (κ3) is 3.26. The van der Waals surface area contributed by atoms with Gasteiger partial charge in [-0.3, -0.25) is 0 Å². The molecule has 1 atom stereocenters. The van der Waals surface area contributed by atoms with E-state index in [9.17, 15) is 13.2 Å². The Kier molecular flexibility index (Phi) is 3.61. The van der Waals surface area contributed by atoms with Crippen molar-refractivity contribution < 1.29 is 13.2 Å². The second-order valence-corrected chi connectivity index (χ2v) is 4.37.